The van der Waals surface area contributed by atoms with Crippen molar-refractivity contribution in [3.63, 3.8) is 0 Å². The van der Waals surface area contributed by atoms with Crippen LogP contribution in [0.3, 0.4) is 0 Å². The molecular weight excluding hydrogens is 274 g/mol. The molecule has 110 valence electrons. The van der Waals surface area contributed by atoms with Crippen LogP contribution in [0.25, 0.3) is 0 Å². The summed E-state index contributed by atoms with van der Waals surface area (Å²) in [6, 6.07) is 8.25. The van der Waals surface area contributed by atoms with Gasteiger partial charge in [0.2, 0.25) is 5.91 Å². The largest absolute Gasteiger partial charge is 0.325 e. The van der Waals surface area contributed by atoms with Crippen LogP contribution in [0, 0.1) is 0 Å². The predicted octanol–water partition coefficient (Wildman–Crippen LogP) is 2.35. The van der Waals surface area contributed by atoms with Gasteiger partial charge in [0.1, 0.15) is 0 Å². The number of hydrogen-bond acceptors (Lipinski definition) is 3. The minimum atomic E-state index is 0.0111. The Hall–Kier alpha value is -1.10. The van der Waals surface area contributed by atoms with E-state index in [1.807, 2.05) is 18.2 Å². The van der Waals surface area contributed by atoms with E-state index < -0.39 is 0 Å². The lowest BCUT2D eigenvalue weighted by Crippen LogP contribution is -2.54. The van der Waals surface area contributed by atoms with E-state index in [1.54, 1.807) is 6.07 Å². The van der Waals surface area contributed by atoms with Gasteiger partial charge in [-0.15, -0.1) is 0 Å². The third-order valence-corrected chi connectivity index (χ3v) is 3.77. The maximum atomic E-state index is 12.0. The van der Waals surface area contributed by atoms with Gasteiger partial charge < -0.3 is 10.6 Å². The monoisotopic (exact) mass is 295 g/mol. The normalized spacial score (nSPS) is 23.6. The first-order valence-corrected chi connectivity index (χ1v) is 7.45. The van der Waals surface area contributed by atoms with Crippen LogP contribution in [0.1, 0.15) is 20.3 Å². The number of hydrogen-bond donors (Lipinski definition) is 2. The number of carbonyl (C=O) groups is 1. The highest BCUT2D eigenvalue weighted by molar-refractivity contribution is 6.33. The summed E-state index contributed by atoms with van der Waals surface area (Å²) >= 11 is 6.02. The van der Waals surface area contributed by atoms with E-state index in [4.69, 9.17) is 11.6 Å². The Bertz CT molecular complexity index is 456. The Morgan fingerprint density at radius 3 is 2.65 bits per heavy atom. The van der Waals surface area contributed by atoms with Gasteiger partial charge in [0, 0.05) is 38.1 Å². The summed E-state index contributed by atoms with van der Waals surface area (Å²) in [5, 5.41) is 6.92. The Morgan fingerprint density at radius 2 is 2.00 bits per heavy atom. The average molecular weight is 296 g/mol. The Morgan fingerprint density at radius 1 is 1.35 bits per heavy atom. The van der Waals surface area contributed by atoms with E-state index in [0.29, 0.717) is 29.2 Å². The van der Waals surface area contributed by atoms with E-state index >= 15 is 0 Å². The number of nitrogens with one attached hydrogen (secondary N) is 2. The van der Waals surface area contributed by atoms with Crippen molar-refractivity contribution < 1.29 is 4.79 Å². The van der Waals surface area contributed by atoms with Gasteiger partial charge in [0.15, 0.2) is 0 Å². The van der Waals surface area contributed by atoms with Crippen LogP contribution in [0.5, 0.6) is 0 Å². The summed E-state index contributed by atoms with van der Waals surface area (Å²) < 4.78 is 0. The molecule has 2 N–H and O–H groups in total. The van der Waals surface area contributed by atoms with Crippen molar-refractivity contribution in [2.75, 3.05) is 25.0 Å². The van der Waals surface area contributed by atoms with E-state index in [9.17, 15) is 4.79 Å². The van der Waals surface area contributed by atoms with Gasteiger partial charge in [-0.3, -0.25) is 9.69 Å². The zero-order valence-corrected chi connectivity index (χ0v) is 12.8. The quantitative estimate of drug-likeness (QED) is 0.896. The molecule has 4 nitrogen and oxygen atoms in total. The third-order valence-electron chi connectivity index (χ3n) is 3.44. The first-order valence-electron chi connectivity index (χ1n) is 7.07. The van der Waals surface area contributed by atoms with Crippen molar-refractivity contribution >= 4 is 23.2 Å². The molecule has 0 bridgehead atoms. The molecule has 1 fully saturated rings. The van der Waals surface area contributed by atoms with Crippen LogP contribution in [0.2, 0.25) is 5.02 Å². The van der Waals surface area contributed by atoms with Crippen molar-refractivity contribution in [1.82, 2.24) is 10.2 Å². The van der Waals surface area contributed by atoms with Gasteiger partial charge in [0.25, 0.3) is 0 Å². The maximum absolute atomic E-state index is 12.0. The molecule has 0 aliphatic carbocycles. The van der Waals surface area contributed by atoms with E-state index in [0.717, 1.165) is 19.6 Å². The SMILES string of the molecule is CC1CN(CCC(=O)Nc2ccccc2Cl)CC(C)N1. The van der Waals surface area contributed by atoms with Crippen LogP contribution >= 0.6 is 11.6 Å². The molecule has 1 aromatic carbocycles. The predicted molar refractivity (Wildman–Crippen MR) is 83.2 cm³/mol. The molecule has 0 aromatic heterocycles. The molecule has 2 unspecified atom stereocenters. The number of anilines is 1. The lowest BCUT2D eigenvalue weighted by Gasteiger charge is -2.36. The molecule has 1 aliphatic rings. The van der Waals surface area contributed by atoms with Crippen LogP contribution < -0.4 is 10.6 Å². The average Bonchev–Trinajstić information content (AvgIpc) is 2.38. The Balaban J connectivity index is 1.79. The summed E-state index contributed by atoms with van der Waals surface area (Å²) in [7, 11) is 0. The van der Waals surface area contributed by atoms with Crippen LogP contribution in [-0.4, -0.2) is 42.5 Å². The van der Waals surface area contributed by atoms with E-state index in [-0.39, 0.29) is 5.91 Å². The van der Waals surface area contributed by atoms with Crippen molar-refractivity contribution in [3.8, 4) is 0 Å². The number of nitrogens with zero attached hydrogens (tertiary/aromatic N) is 1. The van der Waals surface area contributed by atoms with E-state index in [2.05, 4.69) is 29.4 Å². The zero-order chi connectivity index (χ0) is 14.5. The molecule has 1 amide bonds. The van der Waals surface area contributed by atoms with Crippen molar-refractivity contribution in [3.05, 3.63) is 29.3 Å². The second-order valence-electron chi connectivity index (χ2n) is 5.51. The molecule has 2 rings (SSSR count). The fourth-order valence-electron chi connectivity index (χ4n) is 2.66. The molecular formula is C15H22ClN3O. The van der Waals surface area contributed by atoms with E-state index in [1.165, 1.54) is 0 Å². The van der Waals surface area contributed by atoms with Gasteiger partial charge in [-0.1, -0.05) is 23.7 Å². The summed E-state index contributed by atoms with van der Waals surface area (Å²) in [6.07, 6.45) is 0.491. The molecule has 1 heterocycles. The molecule has 2 atom stereocenters. The van der Waals surface area contributed by atoms with Crippen molar-refractivity contribution in [2.24, 2.45) is 0 Å². The first kappa shape index (κ1) is 15.3. The van der Waals surface area contributed by atoms with Gasteiger partial charge in [-0.2, -0.15) is 0 Å². The maximum Gasteiger partial charge on any atom is 0.225 e. The molecule has 20 heavy (non-hydrogen) atoms. The molecule has 1 aliphatic heterocycles. The lowest BCUT2D eigenvalue weighted by molar-refractivity contribution is -0.116. The number of rotatable bonds is 4. The number of amides is 1. The number of benzene rings is 1. The van der Waals surface area contributed by atoms with Gasteiger partial charge >= 0.3 is 0 Å². The third kappa shape index (κ3) is 4.47. The minimum Gasteiger partial charge on any atom is -0.325 e. The molecule has 0 saturated carbocycles. The van der Waals surface area contributed by atoms with Gasteiger partial charge in [-0.05, 0) is 26.0 Å². The highest BCUT2D eigenvalue weighted by Crippen LogP contribution is 2.20. The molecule has 1 aromatic rings. The zero-order valence-electron chi connectivity index (χ0n) is 12.0. The molecule has 0 spiro atoms. The smallest absolute Gasteiger partial charge is 0.225 e. The summed E-state index contributed by atoms with van der Waals surface area (Å²) in [6.45, 7) is 7.11. The highest BCUT2D eigenvalue weighted by Gasteiger charge is 2.21. The fourth-order valence-corrected chi connectivity index (χ4v) is 2.84. The number of piperazine rings is 1. The Labute approximate surface area is 125 Å². The van der Waals surface area contributed by atoms with Crippen molar-refractivity contribution in [1.29, 1.82) is 0 Å². The summed E-state index contributed by atoms with van der Waals surface area (Å²) in [5.41, 5.74) is 0.682. The summed E-state index contributed by atoms with van der Waals surface area (Å²) in [4.78, 5) is 14.3. The summed E-state index contributed by atoms with van der Waals surface area (Å²) in [5.74, 6) is 0.0111. The van der Waals surface area contributed by atoms with Gasteiger partial charge in [-0.25, -0.2) is 0 Å². The minimum absolute atomic E-state index is 0.0111. The topological polar surface area (TPSA) is 44.4 Å². The molecule has 0 radical (unpaired) electrons. The fraction of sp³-hybridized carbons (Fsp3) is 0.533. The lowest BCUT2D eigenvalue weighted by atomic mass is 10.1. The molecule has 1 saturated heterocycles. The van der Waals surface area contributed by atoms with Crippen LogP contribution in [0.4, 0.5) is 5.69 Å². The number of para-hydroxylation sites is 1. The number of halogens is 1. The first-order chi connectivity index (χ1) is 9.54. The second kappa shape index (κ2) is 7.07. The highest BCUT2D eigenvalue weighted by atomic mass is 35.5. The Kier molecular flexibility index (Phi) is 5.40. The second-order valence-corrected chi connectivity index (χ2v) is 5.91. The molecule has 5 heteroatoms. The van der Waals surface area contributed by atoms with Crippen LogP contribution in [-0.2, 0) is 4.79 Å². The van der Waals surface area contributed by atoms with Gasteiger partial charge in [0.05, 0.1) is 10.7 Å². The standard InChI is InChI=1S/C15H22ClN3O/c1-11-9-19(10-12(2)17-11)8-7-15(20)18-14-6-4-3-5-13(14)16/h3-6,11-12,17H,7-10H2,1-2H3,(H,18,20). The van der Waals surface area contributed by atoms with Crippen LogP contribution in [0.15, 0.2) is 24.3 Å². The van der Waals surface area contributed by atoms with Crippen molar-refractivity contribution in [2.45, 2.75) is 32.4 Å². The number of carbonyl (C=O) groups excluding carboxylic acids is 1.